The minimum atomic E-state index is -0.800. The van der Waals surface area contributed by atoms with Crippen molar-refractivity contribution in [2.45, 2.75) is 284 Å². The molecule has 71 heavy (non-hydrogen) atoms. The first-order valence-electron chi connectivity index (χ1n) is 29.7. The number of hydrogen-bond donors (Lipinski definition) is 0. The summed E-state index contributed by atoms with van der Waals surface area (Å²) in [6.07, 6.45) is 78.3. The fourth-order valence-corrected chi connectivity index (χ4v) is 8.08. The Balaban J connectivity index is 4.44. The molecule has 6 heteroatoms. The van der Waals surface area contributed by atoms with E-state index < -0.39 is 6.10 Å². The normalized spacial score (nSPS) is 12.8. The van der Waals surface area contributed by atoms with Crippen LogP contribution in [0.2, 0.25) is 0 Å². The van der Waals surface area contributed by atoms with Gasteiger partial charge in [-0.3, -0.25) is 14.4 Å². The van der Waals surface area contributed by atoms with Gasteiger partial charge < -0.3 is 14.2 Å². The average molecular weight is 988 g/mol. The summed E-state index contributed by atoms with van der Waals surface area (Å²) in [5, 5.41) is 0. The van der Waals surface area contributed by atoms with Crippen LogP contribution in [0.3, 0.4) is 0 Å². The Morgan fingerprint density at radius 1 is 0.296 bits per heavy atom. The minimum absolute atomic E-state index is 0.0948. The quantitative estimate of drug-likeness (QED) is 0.0261. The van der Waals surface area contributed by atoms with E-state index in [1.54, 1.807) is 0 Å². The van der Waals surface area contributed by atoms with E-state index in [2.05, 4.69) is 118 Å². The molecule has 0 aliphatic heterocycles. The molecule has 0 N–H and O–H groups in total. The van der Waals surface area contributed by atoms with Gasteiger partial charge in [-0.15, -0.1) is 0 Å². The lowest BCUT2D eigenvalue weighted by molar-refractivity contribution is -0.167. The van der Waals surface area contributed by atoms with E-state index in [4.69, 9.17) is 14.2 Å². The molecule has 0 aromatic rings. The van der Waals surface area contributed by atoms with Crippen molar-refractivity contribution in [3.05, 3.63) is 97.2 Å². The lowest BCUT2D eigenvalue weighted by atomic mass is 10.1. The van der Waals surface area contributed by atoms with Crippen LogP contribution < -0.4 is 0 Å². The Morgan fingerprint density at radius 3 is 0.887 bits per heavy atom. The van der Waals surface area contributed by atoms with Crippen molar-refractivity contribution in [3.8, 4) is 0 Å². The number of ether oxygens (including phenoxy) is 3. The second-order valence-corrected chi connectivity index (χ2v) is 19.5. The van der Waals surface area contributed by atoms with Gasteiger partial charge in [-0.25, -0.2) is 0 Å². The van der Waals surface area contributed by atoms with E-state index in [0.29, 0.717) is 19.3 Å². The summed E-state index contributed by atoms with van der Waals surface area (Å²) in [4.78, 5) is 38.2. The molecule has 0 heterocycles. The fourth-order valence-electron chi connectivity index (χ4n) is 8.08. The van der Waals surface area contributed by atoms with Crippen LogP contribution in [-0.4, -0.2) is 37.2 Å². The van der Waals surface area contributed by atoms with Crippen molar-refractivity contribution in [1.29, 1.82) is 0 Å². The van der Waals surface area contributed by atoms with Crippen molar-refractivity contribution < 1.29 is 28.6 Å². The predicted molar refractivity (Wildman–Crippen MR) is 307 cm³/mol. The highest BCUT2D eigenvalue weighted by Gasteiger charge is 2.19. The number of hydrogen-bond acceptors (Lipinski definition) is 6. The zero-order valence-electron chi connectivity index (χ0n) is 46.5. The molecule has 0 aliphatic carbocycles. The Morgan fingerprint density at radius 2 is 0.549 bits per heavy atom. The highest BCUT2D eigenvalue weighted by molar-refractivity contribution is 5.71. The average Bonchev–Trinajstić information content (AvgIpc) is 3.37. The van der Waals surface area contributed by atoms with Crippen LogP contribution >= 0.6 is 0 Å². The Hall–Kier alpha value is -3.67. The van der Waals surface area contributed by atoms with Crippen LogP contribution in [0.15, 0.2) is 97.2 Å². The summed E-state index contributed by atoms with van der Waals surface area (Å²) in [5.74, 6) is -0.941. The van der Waals surface area contributed by atoms with Crippen molar-refractivity contribution >= 4 is 17.9 Å². The molecule has 6 nitrogen and oxygen atoms in total. The molecule has 0 aromatic heterocycles. The molecule has 406 valence electrons. The number of unbranched alkanes of at least 4 members (excludes halogenated alkanes) is 26. The molecule has 1 atom stereocenters. The fraction of sp³-hybridized carbons (Fsp3) is 0.708. The lowest BCUT2D eigenvalue weighted by Gasteiger charge is -2.18. The molecule has 0 radical (unpaired) electrons. The summed E-state index contributed by atoms with van der Waals surface area (Å²) in [5.41, 5.74) is 0. The molecule has 0 saturated heterocycles. The summed E-state index contributed by atoms with van der Waals surface area (Å²) < 4.78 is 16.9. The molecule has 0 bridgehead atoms. The Labute approximate surface area is 438 Å². The summed E-state index contributed by atoms with van der Waals surface area (Å²) in [6, 6.07) is 0. The molecule has 0 aliphatic rings. The highest BCUT2D eigenvalue weighted by Crippen LogP contribution is 2.15. The van der Waals surface area contributed by atoms with Gasteiger partial charge in [-0.05, 0) is 122 Å². The molecule has 0 amide bonds. The van der Waals surface area contributed by atoms with Gasteiger partial charge >= 0.3 is 17.9 Å². The van der Waals surface area contributed by atoms with E-state index in [-0.39, 0.29) is 31.1 Å². The second kappa shape index (κ2) is 58.9. The van der Waals surface area contributed by atoms with Gasteiger partial charge in [0, 0.05) is 19.3 Å². The third-order valence-corrected chi connectivity index (χ3v) is 12.5. The van der Waals surface area contributed by atoms with Crippen LogP contribution in [0, 0.1) is 0 Å². The van der Waals surface area contributed by atoms with Crippen LogP contribution in [0.4, 0.5) is 0 Å². The largest absolute Gasteiger partial charge is 0.462 e. The zero-order valence-corrected chi connectivity index (χ0v) is 46.5. The van der Waals surface area contributed by atoms with Gasteiger partial charge in [0.25, 0.3) is 0 Å². The topological polar surface area (TPSA) is 78.9 Å². The summed E-state index contributed by atoms with van der Waals surface area (Å²) >= 11 is 0. The minimum Gasteiger partial charge on any atom is -0.462 e. The third kappa shape index (κ3) is 57.1. The predicted octanol–water partition coefficient (Wildman–Crippen LogP) is 20.1. The highest BCUT2D eigenvalue weighted by atomic mass is 16.6. The summed E-state index contributed by atoms with van der Waals surface area (Å²) in [7, 11) is 0. The Bertz CT molecular complexity index is 1410. The summed E-state index contributed by atoms with van der Waals surface area (Å²) in [6.45, 7) is 6.45. The van der Waals surface area contributed by atoms with Crippen LogP contribution in [0.5, 0.6) is 0 Å². The maximum atomic E-state index is 12.9. The smallest absolute Gasteiger partial charge is 0.306 e. The van der Waals surface area contributed by atoms with E-state index in [1.165, 1.54) is 141 Å². The first kappa shape index (κ1) is 67.3. The van der Waals surface area contributed by atoms with Gasteiger partial charge in [0.15, 0.2) is 6.10 Å². The number of carbonyl (C=O) groups excluding carboxylic acids is 3. The van der Waals surface area contributed by atoms with E-state index in [1.807, 2.05) is 0 Å². The maximum Gasteiger partial charge on any atom is 0.306 e. The Kier molecular flexibility index (Phi) is 55.9. The van der Waals surface area contributed by atoms with E-state index in [0.717, 1.165) is 96.3 Å². The molecule has 0 aromatic carbocycles. The lowest BCUT2D eigenvalue weighted by Crippen LogP contribution is -2.30. The first-order valence-corrected chi connectivity index (χ1v) is 29.7. The number of esters is 3. The van der Waals surface area contributed by atoms with Gasteiger partial charge in [-0.2, -0.15) is 0 Å². The molecule has 0 spiro atoms. The van der Waals surface area contributed by atoms with Gasteiger partial charge in [0.05, 0.1) is 0 Å². The van der Waals surface area contributed by atoms with Crippen molar-refractivity contribution in [2.24, 2.45) is 0 Å². The van der Waals surface area contributed by atoms with Gasteiger partial charge in [0.2, 0.25) is 0 Å². The van der Waals surface area contributed by atoms with Crippen molar-refractivity contribution in [1.82, 2.24) is 0 Å². The van der Waals surface area contributed by atoms with Crippen LogP contribution in [-0.2, 0) is 28.6 Å². The van der Waals surface area contributed by atoms with Gasteiger partial charge in [-0.1, -0.05) is 234 Å². The monoisotopic (exact) mass is 987 g/mol. The first-order chi connectivity index (χ1) is 35.0. The van der Waals surface area contributed by atoms with Crippen LogP contribution in [0.1, 0.15) is 278 Å². The maximum absolute atomic E-state index is 12.9. The zero-order chi connectivity index (χ0) is 51.4. The van der Waals surface area contributed by atoms with E-state index >= 15 is 0 Å². The molecule has 0 unspecified atom stereocenters. The molecular weight excluding hydrogens is 877 g/mol. The van der Waals surface area contributed by atoms with Crippen LogP contribution in [0.25, 0.3) is 0 Å². The molecule has 0 saturated carbocycles. The number of allylic oxidation sites excluding steroid dienone is 16. The third-order valence-electron chi connectivity index (χ3n) is 12.5. The molecule has 0 fully saturated rings. The number of rotatable bonds is 53. The standard InChI is InChI=1S/C65H110O6/c1-4-7-10-13-16-19-22-25-28-30-32-34-37-40-43-46-49-52-55-58-64(67)70-61-62(60-69-63(66)57-54-51-48-45-42-39-36-27-24-21-18-15-12-9-6-3)71-65(68)59-56-53-50-47-44-41-38-35-33-31-29-26-23-20-17-14-11-8-5-2/h9,12,16-21,25-29,36,42,45,62H,4-8,10-11,13-15,22-24,30-35,37-41,43-44,46-61H2,1-3H3/b12-9-,19-16-,20-17-,21-18-,28-25-,29-26-,36-27-,45-42-/t62-/m1/s1. The second-order valence-electron chi connectivity index (χ2n) is 19.5. The van der Waals surface area contributed by atoms with E-state index in [9.17, 15) is 14.4 Å². The van der Waals surface area contributed by atoms with Crippen molar-refractivity contribution in [2.75, 3.05) is 13.2 Å². The SMILES string of the molecule is CC/C=C\C/C=C\C/C=C\C/C=C\CCCCC(=O)OC[C@H](COC(=O)CCCCCCCCCCC/C=C\C/C=C\CCCCC)OC(=O)CCCCCCCCCCC/C=C\C/C=C\CCCCC. The van der Waals surface area contributed by atoms with Gasteiger partial charge in [0.1, 0.15) is 13.2 Å². The van der Waals surface area contributed by atoms with Crippen molar-refractivity contribution in [3.63, 3.8) is 0 Å². The molecular formula is C65H110O6. The molecule has 0 rings (SSSR count). The number of carbonyl (C=O) groups is 3.